The molecule has 5 aliphatic rings. The molecule has 2 bridgehead atoms. The standard InChI is InChI=1S/C72H101ClN8O14S/c1-42-18-13-12-14-19-43(2)57(93-33-32-79-28-30-80(31-29-79)62-40-61(75-50(9)76-62)77-71-74-41-60(96-71)68(87)78-63-44(3)20-17-21-53(63)73)38-52-25-23-49(8)72(90,95-52)67(86)69(88)81-27-16-15-22-54(81)70(89)94-58(46(5)36-51-24-26-55(82)59(37-51)91-10)39-56(83)45(4)35-48(7)65(85)66(92-11)64(84)47(6)34-42/h12-14,17-21,35,40-42,45-47,49,51-52,54-55,57-59,65-66,82,85,90H,15-16,22-34,36-39H2,1-11H3,(H,78,87)(H,74,75,76,77)/b14-12+,18-13+,43-19-,48-35+/t42-,45-,46?,47-,49-,51-,52+,54+,55-,57-,58+,59-,65-,66+,72-/m1/s1. The summed E-state index contributed by atoms with van der Waals surface area (Å²) in [5, 5.41) is 41.8. The number of thiazole rings is 1. The molecule has 1 saturated carbocycles. The van der Waals surface area contributed by atoms with E-state index >= 15 is 0 Å². The van der Waals surface area contributed by atoms with Crippen LogP contribution in [0.4, 0.5) is 22.5 Å². The first kappa shape index (κ1) is 75.6. The van der Waals surface area contributed by atoms with Crippen molar-refractivity contribution in [1.29, 1.82) is 0 Å². The number of para-hydroxylation sites is 1. The SMILES string of the molecule is CO[C@@H]1C[C@@H](CC(C)[C@@H]2CC(=O)[C@H](C)/C=C(\C)[C@@H](O)[C@@H](OC)C(=O)[C@H](C)C[C@H](C)/C=C/C=C/C=C(/C)[C@H](OCCN3CCN(c4cc(Nc5ncc(C(=O)Nc6c(C)cccc6Cl)s5)nc(C)n4)CC3)C[C@@H]3CC[C@@H](C)[C@@](O)(O3)C(=O)C(=O)N3CCCC[C@H]3C(=O)O2)CC[C@H]1O. The van der Waals surface area contributed by atoms with Crippen LogP contribution in [0.1, 0.15) is 147 Å². The molecule has 24 heteroatoms. The Morgan fingerprint density at radius 2 is 1.65 bits per heavy atom. The van der Waals surface area contributed by atoms with Gasteiger partial charge in [0.1, 0.15) is 52.5 Å². The largest absolute Gasteiger partial charge is 0.460 e. The molecule has 2 amide bonds. The highest BCUT2D eigenvalue weighted by Gasteiger charge is 2.53. The third kappa shape index (κ3) is 19.8. The summed E-state index contributed by atoms with van der Waals surface area (Å²) < 4.78 is 30.8. The number of benzene rings is 1. The number of cyclic esters (lactones) is 1. The number of carbonyl (C=O) groups excluding carboxylic acids is 6. The third-order valence-electron chi connectivity index (χ3n) is 19.9. The van der Waals surface area contributed by atoms with Gasteiger partial charge in [-0.1, -0.05) is 106 Å². The fraction of sp³-hybridized carbons (Fsp3) is 0.625. The van der Waals surface area contributed by atoms with Gasteiger partial charge in [-0.15, -0.1) is 0 Å². The molecular weight excluding hydrogens is 1270 g/mol. The Balaban J connectivity index is 0.976. The highest BCUT2D eigenvalue weighted by Crippen LogP contribution is 2.39. The van der Waals surface area contributed by atoms with Crippen molar-refractivity contribution in [3.05, 3.63) is 99.4 Å². The second kappa shape index (κ2) is 35.1. The summed E-state index contributed by atoms with van der Waals surface area (Å²) in [4.78, 5) is 106. The van der Waals surface area contributed by atoms with E-state index in [2.05, 4.69) is 30.4 Å². The van der Waals surface area contributed by atoms with E-state index in [-0.39, 0.29) is 67.1 Å². The van der Waals surface area contributed by atoms with E-state index in [1.54, 1.807) is 40.0 Å². The number of hydrogen-bond donors (Lipinski definition) is 5. The van der Waals surface area contributed by atoms with Crippen LogP contribution in [0.2, 0.25) is 5.02 Å². The van der Waals surface area contributed by atoms with Crippen molar-refractivity contribution in [2.75, 3.05) is 75.6 Å². The van der Waals surface area contributed by atoms with Crippen LogP contribution in [0.5, 0.6) is 0 Å². The molecule has 1 unspecified atom stereocenters. The highest BCUT2D eigenvalue weighted by molar-refractivity contribution is 7.17. The van der Waals surface area contributed by atoms with Crippen molar-refractivity contribution in [1.82, 2.24) is 24.8 Å². The Morgan fingerprint density at radius 3 is 2.38 bits per heavy atom. The van der Waals surface area contributed by atoms with Crippen molar-refractivity contribution in [3.63, 3.8) is 0 Å². The van der Waals surface area contributed by atoms with Gasteiger partial charge in [0, 0.05) is 90.1 Å². The number of aryl methyl sites for hydroxylation is 2. The van der Waals surface area contributed by atoms with E-state index in [1.807, 2.05) is 90.1 Å². The smallest absolute Gasteiger partial charge is 0.329 e. The van der Waals surface area contributed by atoms with Gasteiger partial charge in [0.05, 0.1) is 47.9 Å². The zero-order valence-electron chi connectivity index (χ0n) is 57.7. The number of piperidine rings is 1. The van der Waals surface area contributed by atoms with E-state index in [0.29, 0.717) is 135 Å². The molecule has 1 aliphatic carbocycles. The van der Waals surface area contributed by atoms with Crippen molar-refractivity contribution in [2.45, 2.75) is 194 Å². The number of hydrogen-bond acceptors (Lipinski definition) is 21. The molecule has 0 radical (unpaired) electrons. The molecule has 1 aromatic carbocycles. The molecule has 2 aromatic heterocycles. The van der Waals surface area contributed by atoms with Crippen LogP contribution < -0.4 is 15.5 Å². The number of fused-ring (bicyclic) bond motifs is 3. The van der Waals surface area contributed by atoms with Crippen LogP contribution in [-0.2, 0) is 47.7 Å². The van der Waals surface area contributed by atoms with E-state index in [1.165, 1.54) is 29.5 Å². The zero-order chi connectivity index (χ0) is 69.5. The summed E-state index contributed by atoms with van der Waals surface area (Å²) >= 11 is 7.56. The molecule has 0 spiro atoms. The zero-order valence-corrected chi connectivity index (χ0v) is 59.2. The van der Waals surface area contributed by atoms with Crippen LogP contribution >= 0.6 is 22.9 Å². The monoisotopic (exact) mass is 1370 g/mol. The number of piperazine rings is 1. The number of amides is 2. The average Bonchev–Trinajstić information content (AvgIpc) is 0.893. The number of nitrogens with one attached hydrogen (secondary N) is 2. The lowest BCUT2D eigenvalue weighted by Crippen LogP contribution is -2.61. The molecule has 526 valence electrons. The fourth-order valence-corrected chi connectivity index (χ4v) is 14.8. The predicted octanol–water partition coefficient (Wildman–Crippen LogP) is 9.89. The third-order valence-corrected chi connectivity index (χ3v) is 21.1. The summed E-state index contributed by atoms with van der Waals surface area (Å²) in [6.45, 7) is 20.1. The van der Waals surface area contributed by atoms with Crippen molar-refractivity contribution >= 4 is 80.5 Å². The number of ether oxygens (including phenoxy) is 5. The first-order valence-corrected chi connectivity index (χ1v) is 35.3. The molecule has 4 aliphatic heterocycles. The molecule has 4 fully saturated rings. The van der Waals surface area contributed by atoms with Gasteiger partial charge in [-0.2, -0.15) is 0 Å². The number of anilines is 4. The summed E-state index contributed by atoms with van der Waals surface area (Å²) in [6, 6.07) is 6.10. The number of nitrogens with zero attached hydrogens (tertiary/aromatic N) is 6. The molecular formula is C72H101ClN8O14S. The van der Waals surface area contributed by atoms with Gasteiger partial charge in [0.25, 0.3) is 17.6 Å². The first-order chi connectivity index (χ1) is 45.8. The maximum atomic E-state index is 14.7. The Kier molecular flexibility index (Phi) is 27.6. The number of aliphatic hydroxyl groups is 3. The number of ketones is 3. The number of esters is 1. The summed E-state index contributed by atoms with van der Waals surface area (Å²) in [5.41, 5.74) is 2.61. The molecule has 3 aromatic rings. The minimum Gasteiger partial charge on any atom is -0.460 e. The number of Topliss-reactive ketones (excluding diaryl/α,β-unsaturated/α-hetero) is 3. The highest BCUT2D eigenvalue weighted by atomic mass is 35.5. The number of carbonyl (C=O) groups is 6. The molecule has 5 N–H and O–H groups in total. The summed E-state index contributed by atoms with van der Waals surface area (Å²) in [7, 11) is 2.94. The lowest BCUT2D eigenvalue weighted by Gasteiger charge is -2.43. The van der Waals surface area contributed by atoms with Crippen LogP contribution in [0.15, 0.2) is 78.1 Å². The Hall–Kier alpha value is -6.12. The molecule has 3 saturated heterocycles. The molecule has 96 heavy (non-hydrogen) atoms. The maximum Gasteiger partial charge on any atom is 0.329 e. The van der Waals surface area contributed by atoms with Crippen LogP contribution in [-0.4, -0.2) is 190 Å². The van der Waals surface area contributed by atoms with Crippen molar-refractivity contribution < 1.29 is 67.8 Å². The second-order valence-electron chi connectivity index (χ2n) is 27.3. The normalized spacial score (nSPS) is 32.2. The lowest BCUT2D eigenvalue weighted by molar-refractivity contribution is -0.266. The number of halogens is 1. The van der Waals surface area contributed by atoms with Gasteiger partial charge in [-0.25, -0.2) is 19.7 Å². The van der Waals surface area contributed by atoms with E-state index < -0.39 is 83.9 Å². The molecule has 6 heterocycles. The van der Waals surface area contributed by atoms with E-state index in [9.17, 15) is 44.1 Å². The lowest BCUT2D eigenvalue weighted by atomic mass is 9.78. The van der Waals surface area contributed by atoms with E-state index in [0.717, 1.165) is 17.0 Å². The van der Waals surface area contributed by atoms with Gasteiger partial charge in [-0.05, 0) is 132 Å². The topological polar surface area (TPSA) is 282 Å². The number of aromatic nitrogens is 3. The average molecular weight is 1370 g/mol. The Morgan fingerprint density at radius 1 is 0.885 bits per heavy atom. The molecule has 22 nitrogen and oxygen atoms in total. The predicted molar refractivity (Wildman–Crippen MR) is 369 cm³/mol. The van der Waals surface area contributed by atoms with Gasteiger partial charge in [0.2, 0.25) is 5.79 Å². The van der Waals surface area contributed by atoms with Crippen LogP contribution in [0.3, 0.4) is 0 Å². The summed E-state index contributed by atoms with van der Waals surface area (Å²) in [6.07, 6.45) is 11.9. The minimum absolute atomic E-state index is 0.0387. The first-order valence-electron chi connectivity index (χ1n) is 34.1. The Labute approximate surface area is 574 Å². The second-order valence-corrected chi connectivity index (χ2v) is 28.7. The van der Waals surface area contributed by atoms with E-state index in [4.69, 9.17) is 40.3 Å². The fourth-order valence-electron chi connectivity index (χ4n) is 13.8. The Bertz CT molecular complexity index is 3300. The number of rotatable bonds is 14. The number of allylic oxidation sites excluding steroid dienone is 6. The summed E-state index contributed by atoms with van der Waals surface area (Å²) in [5.74, 6) is -6.93. The minimum atomic E-state index is -2.52. The molecule has 8 rings (SSSR count). The van der Waals surface area contributed by atoms with Gasteiger partial charge < -0.3 is 59.4 Å². The number of methoxy groups -OCH3 is 2. The quantitative estimate of drug-likeness (QED) is 0.0570. The molecule has 15 atom stereocenters. The van der Waals surface area contributed by atoms with Gasteiger partial charge >= 0.3 is 5.97 Å². The van der Waals surface area contributed by atoms with Gasteiger partial charge in [0.15, 0.2) is 10.9 Å². The van der Waals surface area contributed by atoms with Crippen LogP contribution in [0.25, 0.3) is 0 Å². The van der Waals surface area contributed by atoms with Crippen LogP contribution in [0, 0.1) is 49.4 Å². The maximum absolute atomic E-state index is 14.7. The van der Waals surface area contributed by atoms with Crippen molar-refractivity contribution in [3.8, 4) is 0 Å². The number of aliphatic hydroxyl groups excluding tert-OH is 2. The van der Waals surface area contributed by atoms with Crippen molar-refractivity contribution in [2.24, 2.45) is 35.5 Å². The van der Waals surface area contributed by atoms with Gasteiger partial charge in [-0.3, -0.25) is 28.9 Å².